The lowest BCUT2D eigenvalue weighted by atomic mass is 9.57. The third-order valence-corrected chi connectivity index (χ3v) is 3.77. The molecule has 0 bridgehead atoms. The Balaban J connectivity index is 2.41. The van der Waals surface area contributed by atoms with Gasteiger partial charge in [-0.15, -0.1) is 0 Å². The number of aldehydes is 1. The average Bonchev–Trinajstić information content (AvgIpc) is 2.45. The van der Waals surface area contributed by atoms with Crippen molar-refractivity contribution >= 4 is 12.3 Å². The summed E-state index contributed by atoms with van der Waals surface area (Å²) in [5.74, 6) is -0.400. The number of fused-ring (bicyclic) bond motifs is 1. The van der Waals surface area contributed by atoms with E-state index in [-0.39, 0.29) is 17.3 Å². The molecule has 1 aliphatic carbocycles. The second-order valence-electron chi connectivity index (χ2n) is 5.23. The van der Waals surface area contributed by atoms with Gasteiger partial charge in [-0.05, 0) is 18.3 Å². The summed E-state index contributed by atoms with van der Waals surface area (Å²) in [6, 6.07) is 0. The van der Waals surface area contributed by atoms with Crippen LogP contribution in [0.1, 0.15) is 33.1 Å². The number of carbonyl (C=O) groups is 2. The van der Waals surface area contributed by atoms with Crippen molar-refractivity contribution in [3.63, 3.8) is 0 Å². The fourth-order valence-electron chi connectivity index (χ4n) is 3.10. The lowest BCUT2D eigenvalue weighted by Crippen LogP contribution is -2.45. The molecule has 2 aliphatic rings. The number of hydrogen-bond donors (Lipinski definition) is 0. The van der Waals surface area contributed by atoms with Gasteiger partial charge in [-0.1, -0.05) is 20.3 Å². The minimum absolute atomic E-state index is 0.0905. The van der Waals surface area contributed by atoms with Gasteiger partial charge in [0.1, 0.15) is 12.9 Å². The summed E-state index contributed by atoms with van der Waals surface area (Å²) in [5, 5.41) is 0. The van der Waals surface area contributed by atoms with E-state index in [0.29, 0.717) is 6.61 Å². The molecule has 0 amide bonds. The first-order valence-electron chi connectivity index (χ1n) is 5.15. The largest absolute Gasteiger partial charge is 0.464 e. The van der Waals surface area contributed by atoms with Gasteiger partial charge in [0.15, 0.2) is 0 Å². The van der Waals surface area contributed by atoms with Crippen molar-refractivity contribution in [2.75, 3.05) is 6.61 Å². The van der Waals surface area contributed by atoms with E-state index in [0.717, 1.165) is 25.5 Å². The lowest BCUT2D eigenvalue weighted by Gasteiger charge is -2.42. The van der Waals surface area contributed by atoms with Crippen LogP contribution >= 0.6 is 0 Å². The summed E-state index contributed by atoms with van der Waals surface area (Å²) >= 11 is 0. The van der Waals surface area contributed by atoms with E-state index in [2.05, 4.69) is 13.8 Å². The van der Waals surface area contributed by atoms with Crippen LogP contribution in [0.5, 0.6) is 0 Å². The van der Waals surface area contributed by atoms with E-state index < -0.39 is 5.41 Å². The first kappa shape index (κ1) is 9.69. The zero-order valence-corrected chi connectivity index (χ0v) is 8.71. The van der Waals surface area contributed by atoms with Crippen molar-refractivity contribution in [2.45, 2.75) is 33.1 Å². The summed E-state index contributed by atoms with van der Waals surface area (Å²) in [6.07, 6.45) is 3.76. The highest BCUT2D eigenvalue weighted by Crippen LogP contribution is 2.53. The zero-order chi connectivity index (χ0) is 10.4. The van der Waals surface area contributed by atoms with Crippen molar-refractivity contribution in [1.82, 2.24) is 0 Å². The normalized spacial score (nSPS) is 40.1. The number of cyclic esters (lactones) is 1. The lowest BCUT2D eigenvalue weighted by molar-refractivity contribution is -0.146. The standard InChI is InChI=1S/C11H16O3/c1-10(2)4-3-5-11(6-12)7-14-9(13)8(10)11/h6,8H,3-5,7H2,1-2H3/t8-,11+/m1/s1. The van der Waals surface area contributed by atoms with Gasteiger partial charge in [0.05, 0.1) is 11.3 Å². The summed E-state index contributed by atoms with van der Waals surface area (Å²) in [4.78, 5) is 22.8. The van der Waals surface area contributed by atoms with Crippen LogP contribution in [0.25, 0.3) is 0 Å². The monoisotopic (exact) mass is 196 g/mol. The van der Waals surface area contributed by atoms with Gasteiger partial charge in [0.2, 0.25) is 0 Å². The van der Waals surface area contributed by atoms with Crippen LogP contribution in [-0.4, -0.2) is 18.9 Å². The molecule has 1 saturated heterocycles. The first-order chi connectivity index (χ1) is 6.52. The topological polar surface area (TPSA) is 43.4 Å². The van der Waals surface area contributed by atoms with Gasteiger partial charge in [-0.25, -0.2) is 0 Å². The van der Waals surface area contributed by atoms with E-state index in [9.17, 15) is 9.59 Å². The van der Waals surface area contributed by atoms with E-state index in [1.54, 1.807) is 0 Å². The Labute approximate surface area is 83.8 Å². The molecule has 2 atom stereocenters. The third-order valence-electron chi connectivity index (χ3n) is 3.77. The van der Waals surface area contributed by atoms with Crippen LogP contribution < -0.4 is 0 Å². The molecule has 0 aromatic carbocycles. The van der Waals surface area contributed by atoms with Crippen LogP contribution in [-0.2, 0) is 14.3 Å². The molecule has 2 rings (SSSR count). The maximum Gasteiger partial charge on any atom is 0.310 e. The van der Waals surface area contributed by atoms with Crippen molar-refractivity contribution in [1.29, 1.82) is 0 Å². The molecule has 0 unspecified atom stereocenters. The Morgan fingerprint density at radius 2 is 2.14 bits per heavy atom. The Morgan fingerprint density at radius 1 is 1.43 bits per heavy atom. The van der Waals surface area contributed by atoms with Crippen molar-refractivity contribution in [3.8, 4) is 0 Å². The van der Waals surface area contributed by atoms with E-state index >= 15 is 0 Å². The third kappa shape index (κ3) is 1.11. The quantitative estimate of drug-likeness (QED) is 0.472. The number of carbonyl (C=O) groups excluding carboxylic acids is 2. The molecular weight excluding hydrogens is 180 g/mol. The van der Waals surface area contributed by atoms with Crippen LogP contribution in [0.2, 0.25) is 0 Å². The van der Waals surface area contributed by atoms with Crippen LogP contribution in [0, 0.1) is 16.7 Å². The van der Waals surface area contributed by atoms with Crippen LogP contribution in [0.3, 0.4) is 0 Å². The maximum atomic E-state index is 11.6. The summed E-state index contributed by atoms with van der Waals surface area (Å²) < 4.78 is 5.06. The molecular formula is C11H16O3. The minimum Gasteiger partial charge on any atom is -0.464 e. The fourth-order valence-corrected chi connectivity index (χ4v) is 3.10. The molecule has 0 N–H and O–H groups in total. The number of esters is 1. The van der Waals surface area contributed by atoms with E-state index in [1.165, 1.54) is 0 Å². The predicted octanol–water partition coefficient (Wildman–Crippen LogP) is 1.55. The molecule has 0 radical (unpaired) electrons. The predicted molar refractivity (Wildman–Crippen MR) is 50.6 cm³/mol. The Hall–Kier alpha value is -0.860. The first-order valence-corrected chi connectivity index (χ1v) is 5.15. The second-order valence-corrected chi connectivity index (χ2v) is 5.23. The van der Waals surface area contributed by atoms with Crippen molar-refractivity contribution in [3.05, 3.63) is 0 Å². The van der Waals surface area contributed by atoms with Gasteiger partial charge >= 0.3 is 5.97 Å². The molecule has 14 heavy (non-hydrogen) atoms. The summed E-state index contributed by atoms with van der Waals surface area (Å²) in [5.41, 5.74) is -0.606. The highest BCUT2D eigenvalue weighted by atomic mass is 16.5. The van der Waals surface area contributed by atoms with Gasteiger partial charge in [0.25, 0.3) is 0 Å². The zero-order valence-electron chi connectivity index (χ0n) is 8.71. The molecule has 78 valence electrons. The Kier molecular flexibility index (Phi) is 1.95. The van der Waals surface area contributed by atoms with Crippen LogP contribution in [0.15, 0.2) is 0 Å². The minimum atomic E-state index is -0.515. The smallest absolute Gasteiger partial charge is 0.310 e. The van der Waals surface area contributed by atoms with E-state index in [1.807, 2.05) is 0 Å². The molecule has 3 heteroatoms. The van der Waals surface area contributed by atoms with Gasteiger partial charge in [-0.2, -0.15) is 0 Å². The molecule has 0 aromatic heterocycles. The maximum absolute atomic E-state index is 11.6. The fraction of sp³-hybridized carbons (Fsp3) is 0.818. The highest BCUT2D eigenvalue weighted by molar-refractivity contribution is 5.83. The number of ether oxygens (including phenoxy) is 1. The van der Waals surface area contributed by atoms with Crippen molar-refractivity contribution < 1.29 is 14.3 Å². The summed E-state index contributed by atoms with van der Waals surface area (Å²) in [7, 11) is 0. The molecule has 1 saturated carbocycles. The molecule has 2 fully saturated rings. The summed E-state index contributed by atoms with van der Waals surface area (Å²) in [6.45, 7) is 4.41. The Morgan fingerprint density at radius 3 is 2.71 bits per heavy atom. The van der Waals surface area contributed by atoms with Crippen molar-refractivity contribution in [2.24, 2.45) is 16.7 Å². The van der Waals surface area contributed by atoms with Crippen LogP contribution in [0.4, 0.5) is 0 Å². The number of rotatable bonds is 1. The second kappa shape index (κ2) is 2.81. The molecule has 0 aromatic rings. The average molecular weight is 196 g/mol. The Bertz CT molecular complexity index is 282. The highest BCUT2D eigenvalue weighted by Gasteiger charge is 2.58. The number of hydrogen-bond acceptors (Lipinski definition) is 3. The molecule has 0 spiro atoms. The van der Waals surface area contributed by atoms with Gasteiger partial charge in [-0.3, -0.25) is 4.79 Å². The van der Waals surface area contributed by atoms with Gasteiger partial charge < -0.3 is 9.53 Å². The van der Waals surface area contributed by atoms with Gasteiger partial charge in [0, 0.05) is 0 Å². The molecule has 3 nitrogen and oxygen atoms in total. The molecule has 1 heterocycles. The van der Waals surface area contributed by atoms with E-state index in [4.69, 9.17) is 4.74 Å². The molecule has 1 aliphatic heterocycles. The SMILES string of the molecule is CC1(C)CCC[C@]2(C=O)COC(=O)[C@H]12.